The molecule has 0 atom stereocenters. The number of hydrogen-bond donors (Lipinski definition) is 0. The van der Waals surface area contributed by atoms with Crippen molar-refractivity contribution in [1.29, 1.82) is 0 Å². The molecular weight excluding hydrogens is 316 g/mol. The van der Waals surface area contributed by atoms with Gasteiger partial charge in [-0.15, -0.1) is 0 Å². The number of fused-ring (bicyclic) bond motifs is 1. The van der Waals surface area contributed by atoms with E-state index in [1.165, 1.54) is 16.3 Å². The number of imidazole rings is 1. The number of aryl methyl sites for hydroxylation is 1. The highest BCUT2D eigenvalue weighted by Crippen LogP contribution is 2.30. The van der Waals surface area contributed by atoms with Gasteiger partial charge in [0.15, 0.2) is 0 Å². The molecule has 126 valence electrons. The summed E-state index contributed by atoms with van der Waals surface area (Å²) in [7, 11) is 0. The fourth-order valence-corrected chi connectivity index (χ4v) is 3.33. The van der Waals surface area contributed by atoms with Crippen LogP contribution in [-0.2, 0) is 0 Å². The molecule has 1 aromatic heterocycles. The van der Waals surface area contributed by atoms with Crippen molar-refractivity contribution in [2.24, 2.45) is 0 Å². The molecule has 0 saturated heterocycles. The molecule has 0 N–H and O–H groups in total. The molecule has 0 amide bonds. The lowest BCUT2D eigenvalue weighted by molar-refractivity contribution is 1.05. The van der Waals surface area contributed by atoms with E-state index >= 15 is 0 Å². The van der Waals surface area contributed by atoms with Gasteiger partial charge in [0, 0.05) is 11.3 Å². The Hall–Kier alpha value is -3.39. The Morgan fingerprint density at radius 1 is 0.846 bits per heavy atom. The number of hydrogen-bond acceptors (Lipinski definition) is 1. The maximum atomic E-state index is 4.84. The zero-order valence-corrected chi connectivity index (χ0v) is 14.8. The Morgan fingerprint density at radius 3 is 2.31 bits per heavy atom. The SMILES string of the molecule is C=Cc1nc(-c2ccc3cc(C)ccc3c2)n(-c2ccccc2)c1C=C. The first-order valence-corrected chi connectivity index (χ1v) is 8.65. The molecule has 2 heteroatoms. The van der Waals surface area contributed by atoms with E-state index in [1.807, 2.05) is 24.3 Å². The van der Waals surface area contributed by atoms with Crippen molar-refractivity contribution in [3.05, 3.63) is 96.8 Å². The van der Waals surface area contributed by atoms with Gasteiger partial charge in [0.25, 0.3) is 0 Å². The van der Waals surface area contributed by atoms with Gasteiger partial charge in [-0.1, -0.05) is 67.3 Å². The molecule has 26 heavy (non-hydrogen) atoms. The van der Waals surface area contributed by atoms with Crippen LogP contribution in [0.25, 0.3) is 40.0 Å². The predicted molar refractivity (Wildman–Crippen MR) is 111 cm³/mol. The molecule has 0 fully saturated rings. The van der Waals surface area contributed by atoms with Gasteiger partial charge < -0.3 is 0 Å². The van der Waals surface area contributed by atoms with E-state index in [0.29, 0.717) is 0 Å². The minimum Gasteiger partial charge on any atom is -0.292 e. The molecule has 0 aliphatic carbocycles. The van der Waals surface area contributed by atoms with Crippen LogP contribution in [0.3, 0.4) is 0 Å². The van der Waals surface area contributed by atoms with Crippen LogP contribution < -0.4 is 0 Å². The maximum Gasteiger partial charge on any atom is 0.145 e. The Kier molecular flexibility index (Phi) is 4.02. The predicted octanol–water partition coefficient (Wildman–Crippen LogP) is 6.29. The second kappa shape index (κ2) is 6.49. The lowest BCUT2D eigenvalue weighted by Crippen LogP contribution is -1.99. The quantitative estimate of drug-likeness (QED) is 0.428. The first-order valence-electron chi connectivity index (χ1n) is 8.65. The molecular formula is C24H20N2. The molecule has 0 saturated carbocycles. The topological polar surface area (TPSA) is 17.8 Å². The van der Waals surface area contributed by atoms with Gasteiger partial charge in [-0.25, -0.2) is 4.98 Å². The highest BCUT2D eigenvalue weighted by molar-refractivity contribution is 5.87. The number of rotatable bonds is 4. The van der Waals surface area contributed by atoms with E-state index in [0.717, 1.165) is 28.5 Å². The van der Waals surface area contributed by atoms with Crippen molar-refractivity contribution < 1.29 is 0 Å². The normalized spacial score (nSPS) is 10.8. The van der Waals surface area contributed by atoms with Crippen LogP contribution in [0.5, 0.6) is 0 Å². The van der Waals surface area contributed by atoms with Crippen molar-refractivity contribution in [3.8, 4) is 17.1 Å². The van der Waals surface area contributed by atoms with Crippen LogP contribution in [0.2, 0.25) is 0 Å². The molecule has 0 radical (unpaired) electrons. The summed E-state index contributed by atoms with van der Waals surface area (Å²) in [6.07, 6.45) is 3.62. The van der Waals surface area contributed by atoms with Crippen LogP contribution in [-0.4, -0.2) is 9.55 Å². The second-order valence-electron chi connectivity index (χ2n) is 6.35. The van der Waals surface area contributed by atoms with Gasteiger partial charge >= 0.3 is 0 Å². The third-order valence-electron chi connectivity index (χ3n) is 4.60. The van der Waals surface area contributed by atoms with E-state index in [4.69, 9.17) is 4.98 Å². The molecule has 3 aromatic carbocycles. The van der Waals surface area contributed by atoms with Crippen LogP contribution in [0.4, 0.5) is 0 Å². The Morgan fingerprint density at radius 2 is 1.58 bits per heavy atom. The molecule has 4 aromatic rings. The van der Waals surface area contributed by atoms with E-state index in [-0.39, 0.29) is 0 Å². The molecule has 2 nitrogen and oxygen atoms in total. The smallest absolute Gasteiger partial charge is 0.145 e. The minimum atomic E-state index is 0.836. The molecule has 0 aliphatic heterocycles. The van der Waals surface area contributed by atoms with E-state index < -0.39 is 0 Å². The lowest BCUT2D eigenvalue weighted by atomic mass is 10.0. The van der Waals surface area contributed by atoms with E-state index in [9.17, 15) is 0 Å². The second-order valence-corrected chi connectivity index (χ2v) is 6.35. The number of benzene rings is 3. The van der Waals surface area contributed by atoms with Gasteiger partial charge in [-0.2, -0.15) is 0 Å². The summed E-state index contributed by atoms with van der Waals surface area (Å²) >= 11 is 0. The van der Waals surface area contributed by atoms with Gasteiger partial charge in [0.1, 0.15) is 5.82 Å². The van der Waals surface area contributed by atoms with Gasteiger partial charge in [0.2, 0.25) is 0 Å². The van der Waals surface area contributed by atoms with Crippen LogP contribution in [0.15, 0.2) is 79.9 Å². The molecule has 4 rings (SSSR count). The fourth-order valence-electron chi connectivity index (χ4n) is 3.33. The van der Waals surface area contributed by atoms with Crippen molar-refractivity contribution in [3.63, 3.8) is 0 Å². The molecule has 1 heterocycles. The zero-order valence-electron chi connectivity index (χ0n) is 14.8. The summed E-state index contributed by atoms with van der Waals surface area (Å²) in [5.41, 5.74) is 5.18. The average Bonchev–Trinajstić information content (AvgIpc) is 3.07. The molecule has 0 spiro atoms. The summed E-state index contributed by atoms with van der Waals surface area (Å²) in [6, 6.07) is 23.2. The molecule has 0 bridgehead atoms. The van der Waals surface area contributed by atoms with Gasteiger partial charge in [-0.05, 0) is 48.0 Å². The third kappa shape index (κ3) is 2.66. The maximum absolute atomic E-state index is 4.84. The van der Waals surface area contributed by atoms with E-state index in [2.05, 4.69) is 73.2 Å². The zero-order chi connectivity index (χ0) is 18.1. The van der Waals surface area contributed by atoms with Gasteiger partial charge in [-0.3, -0.25) is 4.57 Å². The fraction of sp³-hybridized carbons (Fsp3) is 0.0417. The molecule has 0 aliphatic rings. The summed E-state index contributed by atoms with van der Waals surface area (Å²) in [4.78, 5) is 4.84. The Bertz CT molecular complexity index is 1120. The van der Waals surface area contributed by atoms with Crippen LogP contribution >= 0.6 is 0 Å². The largest absolute Gasteiger partial charge is 0.292 e. The highest BCUT2D eigenvalue weighted by Gasteiger charge is 2.16. The first-order chi connectivity index (χ1) is 12.7. The summed E-state index contributed by atoms with van der Waals surface area (Å²) < 4.78 is 2.14. The standard InChI is InChI=1S/C24H20N2/c1-4-22-23(5-2)26(21-9-7-6-8-10-21)24(25-22)20-14-13-18-15-17(3)11-12-19(18)16-20/h4-16H,1-2H2,3H3. The Labute approximate surface area is 153 Å². The number of aromatic nitrogens is 2. The summed E-state index contributed by atoms with van der Waals surface area (Å²) in [5, 5.41) is 2.44. The minimum absolute atomic E-state index is 0.836. The lowest BCUT2D eigenvalue weighted by Gasteiger charge is -2.11. The highest BCUT2D eigenvalue weighted by atomic mass is 15.1. The molecule has 0 unspecified atom stereocenters. The van der Waals surface area contributed by atoms with Crippen molar-refractivity contribution in [2.45, 2.75) is 6.92 Å². The van der Waals surface area contributed by atoms with Crippen molar-refractivity contribution in [2.75, 3.05) is 0 Å². The van der Waals surface area contributed by atoms with E-state index in [1.54, 1.807) is 6.08 Å². The van der Waals surface area contributed by atoms with Crippen LogP contribution in [0.1, 0.15) is 17.0 Å². The third-order valence-corrected chi connectivity index (χ3v) is 4.60. The summed E-state index contributed by atoms with van der Waals surface area (Å²) in [5.74, 6) is 0.892. The number of para-hydroxylation sites is 1. The number of nitrogens with zero attached hydrogens (tertiary/aromatic N) is 2. The van der Waals surface area contributed by atoms with Crippen molar-refractivity contribution >= 4 is 22.9 Å². The summed E-state index contributed by atoms with van der Waals surface area (Å²) in [6.45, 7) is 10.0. The van der Waals surface area contributed by atoms with Crippen molar-refractivity contribution in [1.82, 2.24) is 9.55 Å². The Balaban J connectivity index is 1.99. The van der Waals surface area contributed by atoms with Crippen LogP contribution in [0, 0.1) is 6.92 Å². The first kappa shape index (κ1) is 16.1. The van der Waals surface area contributed by atoms with Gasteiger partial charge in [0.05, 0.1) is 11.4 Å². The average molecular weight is 336 g/mol. The monoisotopic (exact) mass is 336 g/mol.